The summed E-state index contributed by atoms with van der Waals surface area (Å²) in [4.78, 5) is 11.1. The molecule has 29 heavy (non-hydrogen) atoms. The lowest BCUT2D eigenvalue weighted by Crippen LogP contribution is -2.25. The van der Waals surface area contributed by atoms with Crippen LogP contribution in [0.1, 0.15) is 10.5 Å². The summed E-state index contributed by atoms with van der Waals surface area (Å²) in [5.74, 6) is -0.784. The monoisotopic (exact) mass is 455 g/mol. The molecule has 0 bridgehead atoms. The Morgan fingerprint density at radius 1 is 1.14 bits per heavy atom. The number of carbonyl (C=O) groups excluding carboxylic acids is 1. The van der Waals surface area contributed by atoms with E-state index >= 15 is 0 Å². The van der Waals surface area contributed by atoms with E-state index in [-0.39, 0.29) is 20.5 Å². The van der Waals surface area contributed by atoms with E-state index in [1.807, 2.05) is 0 Å². The second-order valence-electron chi connectivity index (χ2n) is 5.97. The Kier molecular flexibility index (Phi) is 5.43. The van der Waals surface area contributed by atoms with Crippen LogP contribution in [0.2, 0.25) is 0 Å². The second kappa shape index (κ2) is 7.54. The molecule has 0 radical (unpaired) electrons. The van der Waals surface area contributed by atoms with E-state index in [9.17, 15) is 21.6 Å². The molecular weight excluding hydrogens is 438 g/mol. The average Bonchev–Trinajstić information content (AvgIpc) is 3.31. The quantitative estimate of drug-likeness (QED) is 0.541. The van der Waals surface area contributed by atoms with Crippen molar-refractivity contribution < 1.29 is 25.8 Å². The van der Waals surface area contributed by atoms with Crippen LogP contribution in [0.5, 0.6) is 5.75 Å². The number of nitrogens with zero attached hydrogens (tertiary/aromatic N) is 2. The Balaban J connectivity index is 1.82. The van der Waals surface area contributed by atoms with Crippen LogP contribution in [0.25, 0.3) is 0 Å². The largest absolute Gasteiger partial charge is 0.379 e. The molecule has 0 aliphatic heterocycles. The van der Waals surface area contributed by atoms with E-state index in [0.29, 0.717) is 5.69 Å². The molecule has 0 spiro atoms. The van der Waals surface area contributed by atoms with Gasteiger partial charge in [-0.05, 0) is 41.8 Å². The van der Waals surface area contributed by atoms with Gasteiger partial charge in [0.2, 0.25) is 0 Å². The van der Waals surface area contributed by atoms with Gasteiger partial charge in [-0.3, -0.25) is 9.10 Å². The van der Waals surface area contributed by atoms with Crippen LogP contribution in [0, 0.1) is 0 Å². The summed E-state index contributed by atoms with van der Waals surface area (Å²) in [6, 6.07) is 9.79. The molecular formula is C17H17N3O6S3. The number of amides is 1. The van der Waals surface area contributed by atoms with Crippen molar-refractivity contribution in [1.29, 1.82) is 0 Å². The third kappa shape index (κ3) is 4.13. The van der Waals surface area contributed by atoms with Crippen LogP contribution in [0.4, 0.5) is 5.69 Å². The summed E-state index contributed by atoms with van der Waals surface area (Å²) in [6.45, 7) is 0. The van der Waals surface area contributed by atoms with Crippen LogP contribution in [0.3, 0.4) is 0 Å². The van der Waals surface area contributed by atoms with Gasteiger partial charge >= 0.3 is 10.1 Å². The van der Waals surface area contributed by atoms with Gasteiger partial charge in [0, 0.05) is 20.3 Å². The predicted molar refractivity (Wildman–Crippen MR) is 108 cm³/mol. The molecule has 0 aliphatic rings. The minimum Gasteiger partial charge on any atom is -0.379 e. The van der Waals surface area contributed by atoms with Gasteiger partial charge in [-0.1, -0.05) is 6.07 Å². The maximum Gasteiger partial charge on any atom is 0.340 e. The number of nitrogens with two attached hydrogens (primary N) is 1. The lowest BCUT2D eigenvalue weighted by atomic mass is 10.3. The van der Waals surface area contributed by atoms with Crippen LogP contribution in [-0.2, 0) is 27.2 Å². The smallest absolute Gasteiger partial charge is 0.340 e. The standard InChI is InChI=1S/C17H17N3O6S3/c1-19-11-14(10-15(19)17(18)21)29(24,25)26-13-7-5-12(6-8-13)20(2)28(22,23)16-4-3-9-27-16/h3-11H,1-2H3,(H2,18,21). The summed E-state index contributed by atoms with van der Waals surface area (Å²) in [6.07, 6.45) is 1.21. The normalized spacial score (nSPS) is 11.9. The van der Waals surface area contributed by atoms with Crippen molar-refractivity contribution in [2.45, 2.75) is 9.10 Å². The minimum absolute atomic E-state index is 0.0138. The number of anilines is 1. The van der Waals surface area contributed by atoms with E-state index in [1.165, 1.54) is 55.2 Å². The fourth-order valence-electron chi connectivity index (χ4n) is 2.49. The maximum absolute atomic E-state index is 12.6. The highest BCUT2D eigenvalue weighted by molar-refractivity contribution is 7.94. The van der Waals surface area contributed by atoms with Crippen molar-refractivity contribution in [2.75, 3.05) is 11.4 Å². The lowest BCUT2D eigenvalue weighted by Gasteiger charge is -2.18. The van der Waals surface area contributed by atoms with Crippen LogP contribution in [-0.4, -0.2) is 34.4 Å². The first-order valence-corrected chi connectivity index (χ1v) is 11.8. The molecule has 0 aliphatic carbocycles. The fourth-order valence-corrected chi connectivity index (χ4v) is 5.85. The lowest BCUT2D eigenvalue weighted by molar-refractivity contribution is 0.0992. The van der Waals surface area contributed by atoms with Gasteiger partial charge in [-0.2, -0.15) is 8.42 Å². The molecule has 0 saturated carbocycles. The highest BCUT2D eigenvalue weighted by Gasteiger charge is 2.24. The molecule has 1 aromatic carbocycles. The van der Waals surface area contributed by atoms with Gasteiger partial charge in [0.25, 0.3) is 15.9 Å². The zero-order valence-electron chi connectivity index (χ0n) is 15.3. The zero-order chi connectivity index (χ0) is 21.4. The van der Waals surface area contributed by atoms with Crippen LogP contribution >= 0.6 is 11.3 Å². The van der Waals surface area contributed by atoms with Gasteiger partial charge in [0.05, 0.1) is 5.69 Å². The van der Waals surface area contributed by atoms with Gasteiger partial charge in [0.15, 0.2) is 0 Å². The summed E-state index contributed by atoms with van der Waals surface area (Å²) >= 11 is 1.10. The van der Waals surface area contributed by atoms with E-state index in [4.69, 9.17) is 9.92 Å². The number of hydrogen-bond donors (Lipinski definition) is 1. The second-order valence-corrected chi connectivity index (χ2v) is 10.7. The van der Waals surface area contributed by atoms with E-state index in [0.717, 1.165) is 21.7 Å². The van der Waals surface area contributed by atoms with E-state index in [2.05, 4.69) is 0 Å². The van der Waals surface area contributed by atoms with Crippen molar-refractivity contribution in [1.82, 2.24) is 4.57 Å². The molecule has 2 N–H and O–H groups in total. The summed E-state index contributed by atoms with van der Waals surface area (Å²) in [5.41, 5.74) is 5.54. The van der Waals surface area contributed by atoms with E-state index in [1.54, 1.807) is 11.4 Å². The Bertz CT molecular complexity index is 1240. The molecule has 9 nitrogen and oxygen atoms in total. The zero-order valence-corrected chi connectivity index (χ0v) is 17.8. The molecule has 0 saturated heterocycles. The van der Waals surface area contributed by atoms with E-state index < -0.39 is 26.0 Å². The molecule has 154 valence electrons. The van der Waals surface area contributed by atoms with Crippen molar-refractivity contribution in [3.8, 4) is 5.75 Å². The number of aryl methyl sites for hydroxylation is 1. The molecule has 0 fully saturated rings. The number of aromatic nitrogens is 1. The Hall–Kier alpha value is -2.83. The van der Waals surface area contributed by atoms with Gasteiger partial charge in [-0.25, -0.2) is 8.42 Å². The SMILES string of the molecule is CN(c1ccc(OS(=O)(=O)c2cc(C(N)=O)n(C)c2)cc1)S(=O)(=O)c1cccs1. The number of benzene rings is 1. The number of hydrogen-bond acceptors (Lipinski definition) is 7. The molecule has 2 aromatic heterocycles. The Morgan fingerprint density at radius 3 is 2.31 bits per heavy atom. The molecule has 1 amide bonds. The number of rotatable bonds is 7. The topological polar surface area (TPSA) is 129 Å². The minimum atomic E-state index is -4.20. The summed E-state index contributed by atoms with van der Waals surface area (Å²) in [7, 11) is -5.02. The number of thiophene rings is 1. The molecule has 3 aromatic rings. The fraction of sp³-hybridized carbons (Fsp3) is 0.118. The number of sulfonamides is 1. The Labute approximate surface area is 172 Å². The van der Waals surface area contributed by atoms with Crippen LogP contribution in [0.15, 0.2) is 63.1 Å². The molecule has 2 heterocycles. The van der Waals surface area contributed by atoms with Gasteiger partial charge in [-0.15, -0.1) is 11.3 Å². The highest BCUT2D eigenvalue weighted by atomic mass is 32.2. The highest BCUT2D eigenvalue weighted by Crippen LogP contribution is 2.27. The van der Waals surface area contributed by atoms with Crippen molar-refractivity contribution in [3.63, 3.8) is 0 Å². The Morgan fingerprint density at radius 2 is 1.79 bits per heavy atom. The predicted octanol–water partition coefficient (Wildman–Crippen LogP) is 1.78. The third-order valence-corrected chi connectivity index (χ3v) is 8.41. The first kappa shape index (κ1) is 20.9. The molecule has 12 heteroatoms. The number of primary amides is 1. The molecule has 3 rings (SSSR count). The first-order chi connectivity index (χ1) is 13.5. The summed E-state index contributed by atoms with van der Waals surface area (Å²) < 4.78 is 57.6. The third-order valence-electron chi connectivity index (χ3n) is 4.04. The average molecular weight is 456 g/mol. The van der Waals surface area contributed by atoms with Gasteiger partial charge < -0.3 is 14.5 Å². The van der Waals surface area contributed by atoms with Crippen molar-refractivity contribution in [2.24, 2.45) is 12.8 Å². The van der Waals surface area contributed by atoms with Crippen molar-refractivity contribution >= 4 is 43.1 Å². The van der Waals surface area contributed by atoms with Crippen LogP contribution < -0.4 is 14.2 Å². The molecule has 0 atom stereocenters. The molecule has 0 unspecified atom stereocenters. The summed E-state index contributed by atoms with van der Waals surface area (Å²) in [5, 5.41) is 1.66. The van der Waals surface area contributed by atoms with Crippen molar-refractivity contribution in [3.05, 3.63) is 59.7 Å². The maximum atomic E-state index is 12.6. The van der Waals surface area contributed by atoms with Gasteiger partial charge in [0.1, 0.15) is 20.5 Å². The first-order valence-electron chi connectivity index (χ1n) is 8.05. The number of carbonyl (C=O) groups is 1.